The summed E-state index contributed by atoms with van der Waals surface area (Å²) >= 11 is 0. The van der Waals surface area contributed by atoms with Gasteiger partial charge in [0.1, 0.15) is 6.04 Å². The Hall–Kier alpha value is -2.43. The lowest BCUT2D eigenvalue weighted by atomic mass is 9.94. The van der Waals surface area contributed by atoms with Gasteiger partial charge in [-0.25, -0.2) is 4.68 Å². The van der Waals surface area contributed by atoms with Crippen molar-refractivity contribution in [3.8, 4) is 0 Å². The van der Waals surface area contributed by atoms with Crippen LogP contribution in [-0.4, -0.2) is 11.7 Å². The maximum atomic E-state index is 12.7. The summed E-state index contributed by atoms with van der Waals surface area (Å²) in [4.78, 5) is 12.7. The SMILES string of the molecule is CNC1=CCC2N=Nn3c2c1c(=O)c1ccccc13. The van der Waals surface area contributed by atoms with Gasteiger partial charge in [0.2, 0.25) is 0 Å². The Kier molecular flexibility index (Phi) is 1.95. The van der Waals surface area contributed by atoms with Gasteiger partial charge in [0.25, 0.3) is 0 Å². The third-order valence-electron chi connectivity index (χ3n) is 3.77. The highest BCUT2D eigenvalue weighted by Gasteiger charge is 2.31. The Labute approximate surface area is 109 Å². The van der Waals surface area contributed by atoms with Crippen molar-refractivity contribution in [1.29, 1.82) is 0 Å². The second kappa shape index (κ2) is 3.54. The quantitative estimate of drug-likeness (QED) is 0.846. The monoisotopic (exact) mass is 252 g/mol. The van der Waals surface area contributed by atoms with E-state index in [4.69, 9.17) is 0 Å². The Morgan fingerprint density at radius 2 is 2.21 bits per heavy atom. The van der Waals surface area contributed by atoms with Crippen molar-refractivity contribution in [2.75, 3.05) is 7.05 Å². The molecule has 1 aliphatic heterocycles. The highest BCUT2D eigenvalue weighted by molar-refractivity contribution is 5.85. The first-order chi connectivity index (χ1) is 9.31. The average Bonchev–Trinajstić information content (AvgIpc) is 2.89. The maximum Gasteiger partial charge on any atom is 0.199 e. The highest BCUT2D eigenvalue weighted by atomic mass is 16.1. The molecule has 4 rings (SSSR count). The third-order valence-corrected chi connectivity index (χ3v) is 3.77. The molecule has 19 heavy (non-hydrogen) atoms. The molecule has 5 nitrogen and oxygen atoms in total. The predicted molar refractivity (Wildman–Crippen MR) is 72.9 cm³/mol. The molecule has 1 unspecified atom stereocenters. The molecule has 0 fully saturated rings. The predicted octanol–water partition coefficient (Wildman–Crippen LogP) is 2.24. The van der Waals surface area contributed by atoms with Crippen LogP contribution in [0, 0.1) is 0 Å². The van der Waals surface area contributed by atoms with Gasteiger partial charge in [0, 0.05) is 18.1 Å². The average molecular weight is 252 g/mol. The van der Waals surface area contributed by atoms with E-state index in [9.17, 15) is 4.79 Å². The van der Waals surface area contributed by atoms with Gasteiger partial charge >= 0.3 is 0 Å². The zero-order valence-electron chi connectivity index (χ0n) is 10.4. The molecule has 0 spiro atoms. The standard InChI is InChI=1S/C14H12N4O/c1-15-9-6-7-10-13-12(9)14(19)8-4-2-3-5-11(8)18(13)17-16-10/h2-6,10,15H,7H2,1H3. The Bertz CT molecular complexity index is 816. The number of hydrogen-bond acceptors (Lipinski definition) is 4. The smallest absolute Gasteiger partial charge is 0.199 e. The minimum absolute atomic E-state index is 0.0237. The van der Waals surface area contributed by atoms with Gasteiger partial charge in [-0.3, -0.25) is 4.79 Å². The lowest BCUT2D eigenvalue weighted by Crippen LogP contribution is -2.24. The van der Waals surface area contributed by atoms with Crippen molar-refractivity contribution in [2.45, 2.75) is 12.5 Å². The van der Waals surface area contributed by atoms with Crippen LogP contribution in [0.3, 0.4) is 0 Å². The number of nitrogens with one attached hydrogen (secondary N) is 1. The zero-order valence-corrected chi connectivity index (χ0v) is 10.4. The van der Waals surface area contributed by atoms with E-state index in [1.165, 1.54) is 0 Å². The first kappa shape index (κ1) is 10.5. The molecule has 0 radical (unpaired) electrons. The van der Waals surface area contributed by atoms with E-state index in [0.29, 0.717) is 10.9 Å². The van der Waals surface area contributed by atoms with Crippen molar-refractivity contribution in [3.05, 3.63) is 51.8 Å². The van der Waals surface area contributed by atoms with Crippen LogP contribution < -0.4 is 10.7 Å². The van der Waals surface area contributed by atoms with Crippen molar-refractivity contribution >= 4 is 16.6 Å². The summed E-state index contributed by atoms with van der Waals surface area (Å²) < 4.78 is 1.81. The van der Waals surface area contributed by atoms with Gasteiger partial charge < -0.3 is 5.32 Å². The molecule has 5 heteroatoms. The number of fused-ring (bicyclic) bond motifs is 2. The highest BCUT2D eigenvalue weighted by Crippen LogP contribution is 2.38. The van der Waals surface area contributed by atoms with Crippen LogP contribution in [0.4, 0.5) is 0 Å². The number of pyridine rings is 1. The minimum Gasteiger partial charge on any atom is -0.388 e. The molecular weight excluding hydrogens is 240 g/mol. The number of aromatic nitrogens is 1. The Morgan fingerprint density at radius 1 is 1.37 bits per heavy atom. The molecular formula is C14H12N4O. The summed E-state index contributed by atoms with van der Waals surface area (Å²) in [7, 11) is 1.83. The minimum atomic E-state index is -0.0237. The van der Waals surface area contributed by atoms with E-state index in [1.807, 2.05) is 37.4 Å². The van der Waals surface area contributed by atoms with E-state index in [1.54, 1.807) is 4.68 Å². The maximum absolute atomic E-state index is 12.7. The molecule has 0 bridgehead atoms. The molecule has 0 saturated heterocycles. The lowest BCUT2D eigenvalue weighted by Gasteiger charge is -2.20. The molecule has 2 heterocycles. The van der Waals surface area contributed by atoms with Crippen LogP contribution in [0.5, 0.6) is 0 Å². The molecule has 1 atom stereocenters. The number of hydrogen-bond donors (Lipinski definition) is 1. The normalized spacial score (nSPS) is 19.4. The van der Waals surface area contributed by atoms with E-state index < -0.39 is 0 Å². The fraction of sp³-hybridized carbons (Fsp3) is 0.214. The summed E-state index contributed by atoms with van der Waals surface area (Å²) in [6.07, 6.45) is 2.81. The first-order valence-electron chi connectivity index (χ1n) is 6.28. The van der Waals surface area contributed by atoms with Gasteiger partial charge in [0.05, 0.1) is 16.8 Å². The van der Waals surface area contributed by atoms with Crippen LogP contribution in [0.1, 0.15) is 23.7 Å². The topological polar surface area (TPSA) is 58.8 Å². The second-order valence-electron chi connectivity index (χ2n) is 4.74. The summed E-state index contributed by atoms with van der Waals surface area (Å²) in [5, 5.41) is 12.3. The molecule has 1 N–H and O–H groups in total. The van der Waals surface area contributed by atoms with Crippen LogP contribution in [-0.2, 0) is 0 Å². The van der Waals surface area contributed by atoms with E-state index in [2.05, 4.69) is 15.7 Å². The molecule has 1 aliphatic carbocycles. The fourth-order valence-corrected chi connectivity index (χ4v) is 2.89. The summed E-state index contributed by atoms with van der Waals surface area (Å²) in [5.74, 6) is 0. The lowest BCUT2D eigenvalue weighted by molar-refractivity contribution is 0.719. The van der Waals surface area contributed by atoms with Crippen LogP contribution in [0.2, 0.25) is 0 Å². The molecule has 1 aromatic heterocycles. The van der Waals surface area contributed by atoms with Crippen molar-refractivity contribution < 1.29 is 0 Å². The largest absolute Gasteiger partial charge is 0.388 e. The Morgan fingerprint density at radius 3 is 3.05 bits per heavy atom. The number of para-hydroxylation sites is 1. The van der Waals surface area contributed by atoms with E-state index in [-0.39, 0.29) is 11.5 Å². The van der Waals surface area contributed by atoms with E-state index >= 15 is 0 Å². The van der Waals surface area contributed by atoms with Crippen LogP contribution in [0.25, 0.3) is 16.6 Å². The first-order valence-corrected chi connectivity index (χ1v) is 6.28. The molecule has 94 valence electrons. The van der Waals surface area contributed by atoms with Gasteiger partial charge in [0.15, 0.2) is 5.43 Å². The van der Waals surface area contributed by atoms with E-state index in [0.717, 1.165) is 23.3 Å². The fourth-order valence-electron chi connectivity index (χ4n) is 2.89. The molecule has 0 saturated carbocycles. The van der Waals surface area contributed by atoms with Gasteiger partial charge in [-0.15, -0.1) is 0 Å². The molecule has 0 amide bonds. The third kappa shape index (κ3) is 1.22. The summed E-state index contributed by atoms with van der Waals surface area (Å²) in [5.41, 5.74) is 3.38. The second-order valence-corrected chi connectivity index (χ2v) is 4.74. The molecule has 2 aliphatic rings. The van der Waals surface area contributed by atoms with Gasteiger partial charge in [-0.05, 0) is 18.6 Å². The van der Waals surface area contributed by atoms with Crippen molar-refractivity contribution in [2.24, 2.45) is 10.3 Å². The van der Waals surface area contributed by atoms with Crippen molar-refractivity contribution in [3.63, 3.8) is 0 Å². The zero-order chi connectivity index (χ0) is 13.0. The summed E-state index contributed by atoms with van der Waals surface area (Å²) in [6.45, 7) is 0. The number of benzene rings is 1. The van der Waals surface area contributed by atoms with Gasteiger partial charge in [-0.1, -0.05) is 23.4 Å². The molecule has 1 aromatic carbocycles. The summed E-state index contributed by atoms with van der Waals surface area (Å²) in [6, 6.07) is 7.52. The Balaban J connectivity index is 2.23. The van der Waals surface area contributed by atoms with Crippen molar-refractivity contribution in [1.82, 2.24) is 9.99 Å². The van der Waals surface area contributed by atoms with Crippen LogP contribution >= 0.6 is 0 Å². The van der Waals surface area contributed by atoms with Crippen LogP contribution in [0.15, 0.2) is 45.5 Å². The number of nitrogens with zero attached hydrogens (tertiary/aromatic N) is 3. The van der Waals surface area contributed by atoms with Gasteiger partial charge in [-0.2, -0.15) is 5.11 Å². The molecule has 2 aromatic rings. The number of rotatable bonds is 1.